The predicted molar refractivity (Wildman–Crippen MR) is 88.7 cm³/mol. The summed E-state index contributed by atoms with van der Waals surface area (Å²) >= 11 is 0. The zero-order valence-electron chi connectivity index (χ0n) is 14.2. The average molecular weight is 329 g/mol. The molecule has 1 aliphatic carbocycles. The summed E-state index contributed by atoms with van der Waals surface area (Å²) in [5.74, 6) is -0.940. The third kappa shape index (κ3) is 3.07. The number of benzene rings is 1. The minimum atomic E-state index is -0.902. The molecular formula is C19H23NO4. The lowest BCUT2D eigenvalue weighted by molar-refractivity contribution is -0.149. The molecule has 1 aromatic carbocycles. The molecule has 0 saturated heterocycles. The van der Waals surface area contributed by atoms with Crippen LogP contribution >= 0.6 is 0 Å². The molecule has 3 rings (SSSR count). The van der Waals surface area contributed by atoms with Crippen LogP contribution in [0.1, 0.15) is 65.3 Å². The lowest BCUT2D eigenvalue weighted by Crippen LogP contribution is -2.44. The SMILES string of the molecule is Cc1ccc2c(c1)C(=O)N(C(C)C(=O)OCC1CCCCC1)C2=O. The summed E-state index contributed by atoms with van der Waals surface area (Å²) in [6.07, 6.45) is 5.75. The molecule has 0 radical (unpaired) electrons. The van der Waals surface area contributed by atoms with E-state index < -0.39 is 23.8 Å². The zero-order chi connectivity index (χ0) is 17.3. The van der Waals surface area contributed by atoms with E-state index in [2.05, 4.69) is 0 Å². The number of hydrogen-bond donors (Lipinski definition) is 0. The van der Waals surface area contributed by atoms with Crippen molar-refractivity contribution >= 4 is 17.8 Å². The fraction of sp³-hybridized carbons (Fsp3) is 0.526. The smallest absolute Gasteiger partial charge is 0.329 e. The van der Waals surface area contributed by atoms with Crippen LogP contribution in [-0.2, 0) is 9.53 Å². The molecule has 1 aliphatic heterocycles. The molecule has 2 amide bonds. The number of fused-ring (bicyclic) bond motifs is 1. The summed E-state index contributed by atoms with van der Waals surface area (Å²) in [6, 6.07) is 4.22. The van der Waals surface area contributed by atoms with E-state index in [1.54, 1.807) is 25.1 Å². The Hall–Kier alpha value is -2.17. The summed E-state index contributed by atoms with van der Waals surface area (Å²) < 4.78 is 5.39. The van der Waals surface area contributed by atoms with Crippen LogP contribution in [0.5, 0.6) is 0 Å². The van der Waals surface area contributed by atoms with E-state index in [1.165, 1.54) is 19.3 Å². The Morgan fingerprint density at radius 3 is 2.54 bits per heavy atom. The van der Waals surface area contributed by atoms with Gasteiger partial charge in [-0.05, 0) is 44.7 Å². The average Bonchev–Trinajstić information content (AvgIpc) is 2.83. The largest absolute Gasteiger partial charge is 0.464 e. The maximum Gasteiger partial charge on any atom is 0.329 e. The lowest BCUT2D eigenvalue weighted by Gasteiger charge is -2.24. The first-order valence-corrected chi connectivity index (χ1v) is 8.64. The van der Waals surface area contributed by atoms with Gasteiger partial charge in [-0.15, -0.1) is 0 Å². The van der Waals surface area contributed by atoms with Crippen molar-refractivity contribution in [1.82, 2.24) is 4.90 Å². The minimum Gasteiger partial charge on any atom is -0.464 e. The second kappa shape index (κ2) is 6.75. The Bertz CT molecular complexity index is 676. The molecule has 1 unspecified atom stereocenters. The third-order valence-electron chi connectivity index (χ3n) is 4.99. The van der Waals surface area contributed by atoms with Crippen LogP contribution in [0.2, 0.25) is 0 Å². The Morgan fingerprint density at radius 2 is 1.83 bits per heavy atom. The number of carbonyl (C=O) groups excluding carboxylic acids is 3. The molecule has 1 atom stereocenters. The number of imide groups is 1. The molecule has 5 heteroatoms. The van der Waals surface area contributed by atoms with Crippen molar-refractivity contribution in [1.29, 1.82) is 0 Å². The van der Waals surface area contributed by atoms with Crippen LogP contribution in [0.25, 0.3) is 0 Å². The summed E-state index contributed by atoms with van der Waals surface area (Å²) in [4.78, 5) is 38.3. The first kappa shape index (κ1) is 16.7. The van der Waals surface area contributed by atoms with Crippen LogP contribution in [0.3, 0.4) is 0 Å². The number of amides is 2. The number of hydrogen-bond acceptors (Lipinski definition) is 4. The number of rotatable bonds is 4. The van der Waals surface area contributed by atoms with Crippen LogP contribution in [0.15, 0.2) is 18.2 Å². The normalized spacial score (nSPS) is 19.3. The maximum atomic E-state index is 12.5. The van der Waals surface area contributed by atoms with Crippen molar-refractivity contribution < 1.29 is 19.1 Å². The molecule has 2 aliphatic rings. The summed E-state index contributed by atoms with van der Waals surface area (Å²) in [5, 5.41) is 0. The Morgan fingerprint density at radius 1 is 1.17 bits per heavy atom. The highest BCUT2D eigenvalue weighted by molar-refractivity contribution is 6.22. The zero-order valence-corrected chi connectivity index (χ0v) is 14.2. The van der Waals surface area contributed by atoms with Crippen molar-refractivity contribution in [3.8, 4) is 0 Å². The Balaban J connectivity index is 1.66. The minimum absolute atomic E-state index is 0.359. The highest BCUT2D eigenvalue weighted by Crippen LogP contribution is 2.27. The van der Waals surface area contributed by atoms with E-state index in [4.69, 9.17) is 4.74 Å². The summed E-state index contributed by atoms with van der Waals surface area (Å²) in [7, 11) is 0. The molecule has 0 N–H and O–H groups in total. The molecule has 5 nitrogen and oxygen atoms in total. The highest BCUT2D eigenvalue weighted by atomic mass is 16.5. The molecule has 0 aromatic heterocycles. The fourth-order valence-corrected chi connectivity index (χ4v) is 3.50. The number of esters is 1. The molecule has 1 heterocycles. The monoisotopic (exact) mass is 329 g/mol. The van der Waals surface area contributed by atoms with E-state index >= 15 is 0 Å². The van der Waals surface area contributed by atoms with Crippen LogP contribution in [-0.4, -0.2) is 35.3 Å². The molecule has 1 fully saturated rings. The van der Waals surface area contributed by atoms with E-state index in [0.717, 1.165) is 23.3 Å². The van der Waals surface area contributed by atoms with Crippen LogP contribution in [0.4, 0.5) is 0 Å². The van der Waals surface area contributed by atoms with Gasteiger partial charge in [0.25, 0.3) is 11.8 Å². The van der Waals surface area contributed by atoms with Gasteiger partial charge in [-0.3, -0.25) is 14.5 Å². The van der Waals surface area contributed by atoms with Gasteiger partial charge in [-0.1, -0.05) is 30.9 Å². The van der Waals surface area contributed by atoms with E-state index in [1.807, 2.05) is 6.92 Å². The number of carbonyl (C=O) groups is 3. The van der Waals surface area contributed by atoms with Crippen molar-refractivity contribution in [2.24, 2.45) is 5.92 Å². The molecule has 0 spiro atoms. The molecule has 1 saturated carbocycles. The molecule has 128 valence electrons. The number of ether oxygens (including phenoxy) is 1. The highest BCUT2D eigenvalue weighted by Gasteiger charge is 2.41. The quantitative estimate of drug-likeness (QED) is 0.629. The molecule has 1 aromatic rings. The first-order chi connectivity index (χ1) is 11.5. The fourth-order valence-electron chi connectivity index (χ4n) is 3.50. The van der Waals surface area contributed by atoms with Gasteiger partial charge < -0.3 is 4.74 Å². The van der Waals surface area contributed by atoms with Crippen molar-refractivity contribution in [2.45, 2.75) is 52.0 Å². The van der Waals surface area contributed by atoms with Crippen LogP contribution < -0.4 is 0 Å². The Labute approximate surface area is 142 Å². The summed E-state index contributed by atoms with van der Waals surface area (Å²) in [5.41, 5.74) is 1.63. The lowest BCUT2D eigenvalue weighted by atomic mass is 9.90. The predicted octanol–water partition coefficient (Wildman–Crippen LogP) is 3.10. The van der Waals surface area contributed by atoms with Gasteiger partial charge in [-0.2, -0.15) is 0 Å². The summed E-state index contributed by atoms with van der Waals surface area (Å²) in [6.45, 7) is 3.80. The van der Waals surface area contributed by atoms with Gasteiger partial charge in [0.2, 0.25) is 0 Å². The van der Waals surface area contributed by atoms with Crippen LogP contribution in [0, 0.1) is 12.8 Å². The van der Waals surface area contributed by atoms with E-state index in [-0.39, 0.29) is 0 Å². The first-order valence-electron chi connectivity index (χ1n) is 8.64. The second-order valence-electron chi connectivity index (χ2n) is 6.84. The van der Waals surface area contributed by atoms with Crippen molar-refractivity contribution in [3.05, 3.63) is 34.9 Å². The van der Waals surface area contributed by atoms with Crippen molar-refractivity contribution in [3.63, 3.8) is 0 Å². The third-order valence-corrected chi connectivity index (χ3v) is 4.99. The van der Waals surface area contributed by atoms with Gasteiger partial charge in [0.1, 0.15) is 6.04 Å². The van der Waals surface area contributed by atoms with Crippen molar-refractivity contribution in [2.75, 3.05) is 6.61 Å². The van der Waals surface area contributed by atoms with E-state index in [0.29, 0.717) is 23.7 Å². The van der Waals surface area contributed by atoms with E-state index in [9.17, 15) is 14.4 Å². The van der Waals surface area contributed by atoms with Gasteiger partial charge in [0.05, 0.1) is 17.7 Å². The number of nitrogens with zero attached hydrogens (tertiary/aromatic N) is 1. The number of aryl methyl sites for hydroxylation is 1. The van der Waals surface area contributed by atoms with Gasteiger partial charge in [0.15, 0.2) is 0 Å². The second-order valence-corrected chi connectivity index (χ2v) is 6.84. The molecule has 0 bridgehead atoms. The standard InChI is InChI=1S/C19H23NO4/c1-12-8-9-15-16(10-12)18(22)20(17(15)21)13(2)19(23)24-11-14-6-4-3-5-7-14/h8-10,13-14H,3-7,11H2,1-2H3. The molecule has 24 heavy (non-hydrogen) atoms. The Kier molecular flexibility index (Phi) is 4.69. The molecular weight excluding hydrogens is 306 g/mol. The topological polar surface area (TPSA) is 63.7 Å². The van der Waals surface area contributed by atoms with Gasteiger partial charge in [-0.25, -0.2) is 4.79 Å². The maximum absolute atomic E-state index is 12.5. The van der Waals surface area contributed by atoms with Gasteiger partial charge >= 0.3 is 5.97 Å². The van der Waals surface area contributed by atoms with Gasteiger partial charge in [0, 0.05) is 0 Å².